The molecular weight excluding hydrogens is 321 g/mol. The van der Waals surface area contributed by atoms with Crippen molar-refractivity contribution in [3.05, 3.63) is 28.2 Å². The third-order valence-corrected chi connectivity index (χ3v) is 4.62. The van der Waals surface area contributed by atoms with Gasteiger partial charge in [0, 0.05) is 31.2 Å². The number of hydrogen-bond acceptors (Lipinski definition) is 3. The summed E-state index contributed by atoms with van der Waals surface area (Å²) in [6, 6.07) is 4.89. The molecule has 0 spiro atoms. The van der Waals surface area contributed by atoms with E-state index in [4.69, 9.17) is 23.2 Å². The van der Waals surface area contributed by atoms with Gasteiger partial charge in [0.05, 0.1) is 16.8 Å². The lowest BCUT2D eigenvalue weighted by Gasteiger charge is -2.37. The normalized spacial score (nSPS) is 18.2. The number of carbonyl (C=O) groups is 1. The summed E-state index contributed by atoms with van der Waals surface area (Å²) < 4.78 is 0. The lowest BCUT2D eigenvalue weighted by molar-refractivity contribution is -0.121. The van der Waals surface area contributed by atoms with Crippen LogP contribution in [0.25, 0.3) is 0 Å². The number of rotatable bonds is 5. The summed E-state index contributed by atoms with van der Waals surface area (Å²) >= 11 is 12.0. The second kappa shape index (κ2) is 8.16. The number of nitrogens with one attached hydrogen (secondary N) is 1. The van der Waals surface area contributed by atoms with Crippen molar-refractivity contribution < 1.29 is 4.79 Å². The van der Waals surface area contributed by atoms with E-state index in [1.54, 1.807) is 18.2 Å². The summed E-state index contributed by atoms with van der Waals surface area (Å²) in [5, 5.41) is 3.93. The predicted molar refractivity (Wildman–Crippen MR) is 92.9 cm³/mol. The second-order valence-corrected chi connectivity index (χ2v) is 6.51. The summed E-state index contributed by atoms with van der Waals surface area (Å²) in [5.74, 6) is -0.0480. The first-order chi connectivity index (χ1) is 10.5. The Kier molecular flexibility index (Phi) is 6.50. The van der Waals surface area contributed by atoms with Crippen molar-refractivity contribution in [1.82, 2.24) is 9.80 Å². The maximum absolute atomic E-state index is 12.4. The third kappa shape index (κ3) is 4.59. The van der Waals surface area contributed by atoms with Crippen LogP contribution in [0.5, 0.6) is 0 Å². The smallest absolute Gasteiger partial charge is 0.241 e. The van der Waals surface area contributed by atoms with E-state index in [0.29, 0.717) is 15.7 Å². The SMILES string of the molecule is CCCN1CCN([C@H](C)C(=O)Nc2cc(Cl)ccc2Cl)CC1. The summed E-state index contributed by atoms with van der Waals surface area (Å²) in [6.45, 7) is 9.12. The van der Waals surface area contributed by atoms with E-state index in [1.807, 2.05) is 6.92 Å². The van der Waals surface area contributed by atoms with Gasteiger partial charge in [0.15, 0.2) is 0 Å². The van der Waals surface area contributed by atoms with Crippen LogP contribution in [0.3, 0.4) is 0 Å². The van der Waals surface area contributed by atoms with Crippen LogP contribution in [-0.4, -0.2) is 54.5 Å². The van der Waals surface area contributed by atoms with Gasteiger partial charge in [0.2, 0.25) is 5.91 Å². The zero-order chi connectivity index (χ0) is 16.1. The molecule has 1 aromatic rings. The van der Waals surface area contributed by atoms with E-state index in [1.165, 1.54) is 6.42 Å². The van der Waals surface area contributed by atoms with Gasteiger partial charge in [-0.25, -0.2) is 0 Å². The van der Waals surface area contributed by atoms with Gasteiger partial charge in [-0.05, 0) is 38.1 Å². The Balaban J connectivity index is 1.91. The molecule has 0 saturated carbocycles. The van der Waals surface area contributed by atoms with Crippen molar-refractivity contribution in [3.8, 4) is 0 Å². The van der Waals surface area contributed by atoms with Gasteiger partial charge < -0.3 is 10.2 Å². The van der Waals surface area contributed by atoms with Crippen molar-refractivity contribution in [2.45, 2.75) is 26.3 Å². The number of carbonyl (C=O) groups excluding carboxylic acids is 1. The summed E-state index contributed by atoms with van der Waals surface area (Å²) in [5.41, 5.74) is 0.565. The molecule has 4 nitrogen and oxygen atoms in total. The average molecular weight is 344 g/mol. The van der Waals surface area contributed by atoms with Crippen LogP contribution < -0.4 is 5.32 Å². The number of piperazine rings is 1. The molecule has 1 aliphatic heterocycles. The first kappa shape index (κ1) is 17.5. The minimum atomic E-state index is -0.182. The molecule has 0 unspecified atom stereocenters. The van der Waals surface area contributed by atoms with E-state index in [-0.39, 0.29) is 11.9 Å². The minimum absolute atomic E-state index is 0.0480. The first-order valence-corrected chi connectivity index (χ1v) is 8.49. The molecule has 122 valence electrons. The lowest BCUT2D eigenvalue weighted by atomic mass is 10.2. The number of halogens is 2. The lowest BCUT2D eigenvalue weighted by Crippen LogP contribution is -2.52. The van der Waals surface area contributed by atoms with Crippen LogP contribution >= 0.6 is 23.2 Å². The molecule has 1 saturated heterocycles. The van der Waals surface area contributed by atoms with Gasteiger partial charge in [-0.1, -0.05) is 30.1 Å². The molecule has 2 rings (SSSR count). The Labute approximate surface area is 142 Å². The molecule has 0 radical (unpaired) electrons. The van der Waals surface area contributed by atoms with Crippen molar-refractivity contribution in [2.24, 2.45) is 0 Å². The quantitative estimate of drug-likeness (QED) is 0.890. The largest absolute Gasteiger partial charge is 0.323 e. The Morgan fingerprint density at radius 2 is 1.95 bits per heavy atom. The molecular formula is C16H23Cl2N3O. The number of nitrogens with zero attached hydrogens (tertiary/aromatic N) is 2. The van der Waals surface area contributed by atoms with Crippen LogP contribution in [0.2, 0.25) is 10.0 Å². The van der Waals surface area contributed by atoms with Crippen molar-refractivity contribution in [3.63, 3.8) is 0 Å². The number of amides is 1. The number of benzene rings is 1. The molecule has 0 aromatic heterocycles. The van der Waals surface area contributed by atoms with Crippen LogP contribution in [0, 0.1) is 0 Å². The Bertz CT molecular complexity index is 516. The topological polar surface area (TPSA) is 35.6 Å². The van der Waals surface area contributed by atoms with Gasteiger partial charge in [0.25, 0.3) is 0 Å². The van der Waals surface area contributed by atoms with Gasteiger partial charge in [-0.2, -0.15) is 0 Å². The molecule has 1 fully saturated rings. The zero-order valence-corrected chi connectivity index (χ0v) is 14.6. The summed E-state index contributed by atoms with van der Waals surface area (Å²) in [6.07, 6.45) is 1.17. The average Bonchev–Trinajstić information content (AvgIpc) is 2.51. The monoisotopic (exact) mass is 343 g/mol. The molecule has 1 amide bonds. The highest BCUT2D eigenvalue weighted by molar-refractivity contribution is 6.35. The van der Waals surface area contributed by atoms with Crippen LogP contribution in [0.15, 0.2) is 18.2 Å². The fourth-order valence-corrected chi connectivity index (χ4v) is 3.02. The Hall–Kier alpha value is -0.810. The van der Waals surface area contributed by atoms with Crippen LogP contribution in [-0.2, 0) is 4.79 Å². The standard InChI is InChI=1S/C16H23Cl2N3O/c1-3-6-20-7-9-21(10-8-20)12(2)16(22)19-15-11-13(17)4-5-14(15)18/h4-5,11-12H,3,6-10H2,1-2H3,(H,19,22)/t12-/m1/s1. The van der Waals surface area contributed by atoms with Crippen LogP contribution in [0.1, 0.15) is 20.3 Å². The highest BCUT2D eigenvalue weighted by Crippen LogP contribution is 2.25. The fraction of sp³-hybridized carbons (Fsp3) is 0.562. The molecule has 1 heterocycles. The third-order valence-electron chi connectivity index (χ3n) is 4.06. The van der Waals surface area contributed by atoms with Crippen molar-refractivity contribution >= 4 is 34.8 Å². The first-order valence-electron chi connectivity index (χ1n) is 7.73. The number of anilines is 1. The van der Waals surface area contributed by atoms with Crippen molar-refractivity contribution in [1.29, 1.82) is 0 Å². The van der Waals surface area contributed by atoms with E-state index in [9.17, 15) is 4.79 Å². The van der Waals surface area contributed by atoms with E-state index in [0.717, 1.165) is 32.7 Å². The predicted octanol–water partition coefficient (Wildman–Crippen LogP) is 3.35. The van der Waals surface area contributed by atoms with Gasteiger partial charge in [-0.15, -0.1) is 0 Å². The van der Waals surface area contributed by atoms with Crippen molar-refractivity contribution in [2.75, 3.05) is 38.0 Å². The molecule has 1 aliphatic rings. The Morgan fingerprint density at radius 3 is 2.59 bits per heavy atom. The second-order valence-electron chi connectivity index (χ2n) is 5.67. The molecule has 0 bridgehead atoms. The fourth-order valence-electron chi connectivity index (χ4n) is 2.69. The van der Waals surface area contributed by atoms with E-state index in [2.05, 4.69) is 22.0 Å². The maximum Gasteiger partial charge on any atom is 0.241 e. The highest BCUT2D eigenvalue weighted by Gasteiger charge is 2.25. The van der Waals surface area contributed by atoms with Gasteiger partial charge >= 0.3 is 0 Å². The maximum atomic E-state index is 12.4. The van der Waals surface area contributed by atoms with Gasteiger partial charge in [0.1, 0.15) is 0 Å². The molecule has 6 heteroatoms. The highest BCUT2D eigenvalue weighted by atomic mass is 35.5. The number of hydrogen-bond donors (Lipinski definition) is 1. The molecule has 0 aliphatic carbocycles. The molecule has 22 heavy (non-hydrogen) atoms. The molecule has 1 aromatic carbocycles. The van der Waals surface area contributed by atoms with Crippen LogP contribution in [0.4, 0.5) is 5.69 Å². The van der Waals surface area contributed by atoms with Gasteiger partial charge in [-0.3, -0.25) is 9.69 Å². The van der Waals surface area contributed by atoms with E-state index >= 15 is 0 Å². The summed E-state index contributed by atoms with van der Waals surface area (Å²) in [7, 11) is 0. The minimum Gasteiger partial charge on any atom is -0.323 e. The summed E-state index contributed by atoms with van der Waals surface area (Å²) in [4.78, 5) is 17.1. The molecule has 1 N–H and O–H groups in total. The molecule has 1 atom stereocenters. The Morgan fingerprint density at radius 1 is 1.27 bits per heavy atom. The zero-order valence-electron chi connectivity index (χ0n) is 13.1. The van der Waals surface area contributed by atoms with E-state index < -0.39 is 0 Å².